The van der Waals surface area contributed by atoms with Gasteiger partial charge in [0.2, 0.25) is 0 Å². The number of aliphatic imine (C=N–C) groups is 1. The van der Waals surface area contributed by atoms with Crippen molar-refractivity contribution < 1.29 is 22.6 Å². The summed E-state index contributed by atoms with van der Waals surface area (Å²) in [5.74, 6) is -0.525. The van der Waals surface area contributed by atoms with Crippen LogP contribution in [0, 0.1) is 0 Å². The second-order valence-corrected chi connectivity index (χ2v) is 8.74. The Hall–Kier alpha value is -4.32. The number of alkyl halides is 3. The largest absolute Gasteiger partial charge is 0.573 e. The summed E-state index contributed by atoms with van der Waals surface area (Å²) in [6, 6.07) is 11.6. The maximum Gasteiger partial charge on any atom is 0.573 e. The molecule has 0 saturated carbocycles. The van der Waals surface area contributed by atoms with E-state index in [0.29, 0.717) is 10.7 Å². The summed E-state index contributed by atoms with van der Waals surface area (Å²) < 4.78 is 51.8. The lowest BCUT2D eigenvalue weighted by Crippen LogP contribution is -2.39. The lowest BCUT2D eigenvalue weighted by atomic mass is 10.2. The van der Waals surface area contributed by atoms with E-state index in [1.807, 2.05) is 0 Å². The van der Waals surface area contributed by atoms with Gasteiger partial charge in [-0.15, -0.1) is 13.2 Å². The van der Waals surface area contributed by atoms with Crippen molar-refractivity contribution >= 4 is 29.0 Å². The highest BCUT2D eigenvalue weighted by Gasteiger charge is 2.31. The summed E-state index contributed by atoms with van der Waals surface area (Å²) in [5.41, 5.74) is 0.105. The molecule has 4 rings (SSSR count). The van der Waals surface area contributed by atoms with E-state index in [-0.39, 0.29) is 36.0 Å². The maximum absolute atomic E-state index is 13.3. The number of allylic oxidation sites excluding steroid dienone is 2. The van der Waals surface area contributed by atoms with Crippen LogP contribution in [0.2, 0.25) is 5.02 Å². The number of aromatic nitrogens is 4. The fourth-order valence-electron chi connectivity index (χ4n) is 3.85. The molecule has 0 spiro atoms. The third-order valence-corrected chi connectivity index (χ3v) is 5.90. The molecule has 0 radical (unpaired) electrons. The van der Waals surface area contributed by atoms with Crippen LogP contribution in [0.25, 0.3) is 11.2 Å². The van der Waals surface area contributed by atoms with Gasteiger partial charge >= 0.3 is 18.1 Å². The van der Waals surface area contributed by atoms with E-state index < -0.39 is 23.4 Å². The summed E-state index contributed by atoms with van der Waals surface area (Å²) in [6.45, 7) is 3.58. The lowest BCUT2D eigenvalue weighted by Gasteiger charge is -2.12. The number of hydrogen-bond acceptors (Lipinski definition) is 6. The van der Waals surface area contributed by atoms with Crippen LogP contribution in [0.15, 0.2) is 74.9 Å². The molecule has 2 aromatic heterocycles. The van der Waals surface area contributed by atoms with Gasteiger partial charge < -0.3 is 9.47 Å². The molecule has 0 aliphatic heterocycles. The van der Waals surface area contributed by atoms with E-state index in [1.165, 1.54) is 28.3 Å². The third kappa shape index (κ3) is 6.23. The number of benzene rings is 2. The standard InChI is InChI=1S/C26H23ClF3N5O4/c1-4-18(31-5-2)15-35-22-21(23(36)33(3)25(35)37)34(14-16-9-11-17(27)12-10-16)24(32-22)38-19-7-6-8-20(13-19)39-26(28,29)30/h4-13H,14-15H2,1-3H3/b18-4-,31-5?. The molecule has 204 valence electrons. The first-order valence-corrected chi connectivity index (χ1v) is 12.0. The van der Waals surface area contributed by atoms with Crippen molar-refractivity contribution in [2.75, 3.05) is 0 Å². The minimum atomic E-state index is -4.89. The Morgan fingerprint density at radius 3 is 2.41 bits per heavy atom. The van der Waals surface area contributed by atoms with Crippen LogP contribution in [0.1, 0.15) is 19.4 Å². The molecule has 39 heavy (non-hydrogen) atoms. The molecule has 4 aromatic rings. The number of rotatable bonds is 8. The topological polar surface area (TPSA) is 92.6 Å². The Kier molecular flexibility index (Phi) is 7.95. The van der Waals surface area contributed by atoms with Crippen LogP contribution in [-0.4, -0.2) is 31.3 Å². The minimum Gasteiger partial charge on any atom is -0.425 e. The smallest absolute Gasteiger partial charge is 0.425 e. The molecule has 9 nitrogen and oxygen atoms in total. The van der Waals surface area contributed by atoms with Crippen LogP contribution in [0.4, 0.5) is 13.2 Å². The predicted molar refractivity (Wildman–Crippen MR) is 141 cm³/mol. The number of hydrogen-bond donors (Lipinski definition) is 0. The number of fused-ring (bicyclic) bond motifs is 1. The zero-order valence-electron chi connectivity index (χ0n) is 21.1. The Labute approximate surface area is 225 Å². The highest BCUT2D eigenvalue weighted by molar-refractivity contribution is 6.30. The molecule has 0 N–H and O–H groups in total. The summed E-state index contributed by atoms with van der Waals surface area (Å²) in [7, 11) is 1.34. The maximum atomic E-state index is 13.3. The Bertz CT molecular complexity index is 1690. The number of imidazole rings is 1. The van der Waals surface area contributed by atoms with Gasteiger partial charge in [-0.05, 0) is 43.7 Å². The average molecular weight is 562 g/mol. The van der Waals surface area contributed by atoms with E-state index in [0.717, 1.165) is 22.3 Å². The normalized spacial score (nSPS) is 12.4. The second kappa shape index (κ2) is 11.2. The van der Waals surface area contributed by atoms with E-state index in [4.69, 9.17) is 16.3 Å². The molecule has 0 bridgehead atoms. The van der Waals surface area contributed by atoms with E-state index in [2.05, 4.69) is 14.7 Å². The van der Waals surface area contributed by atoms with Gasteiger partial charge in [0.25, 0.3) is 5.56 Å². The molecule has 0 aliphatic carbocycles. The van der Waals surface area contributed by atoms with Crippen LogP contribution in [0.3, 0.4) is 0 Å². The van der Waals surface area contributed by atoms with Crippen LogP contribution in [-0.2, 0) is 20.1 Å². The van der Waals surface area contributed by atoms with E-state index in [1.54, 1.807) is 50.4 Å². The second-order valence-electron chi connectivity index (χ2n) is 8.30. The first kappa shape index (κ1) is 27.7. The Morgan fingerprint density at radius 1 is 1.08 bits per heavy atom. The van der Waals surface area contributed by atoms with Crippen molar-refractivity contribution in [3.8, 4) is 17.5 Å². The molecule has 0 saturated heterocycles. The minimum absolute atomic E-state index is 0.0105. The van der Waals surface area contributed by atoms with Gasteiger partial charge in [0, 0.05) is 24.4 Å². The van der Waals surface area contributed by atoms with Crippen molar-refractivity contribution in [2.24, 2.45) is 12.0 Å². The van der Waals surface area contributed by atoms with Gasteiger partial charge in [-0.2, -0.15) is 4.98 Å². The van der Waals surface area contributed by atoms with Crippen molar-refractivity contribution in [1.29, 1.82) is 0 Å². The van der Waals surface area contributed by atoms with Crippen LogP contribution >= 0.6 is 11.6 Å². The van der Waals surface area contributed by atoms with Gasteiger partial charge in [-0.1, -0.05) is 35.9 Å². The quantitative estimate of drug-likeness (QED) is 0.273. The van der Waals surface area contributed by atoms with Crippen molar-refractivity contribution in [3.63, 3.8) is 0 Å². The predicted octanol–water partition coefficient (Wildman–Crippen LogP) is 5.28. The first-order chi connectivity index (χ1) is 18.5. The van der Waals surface area contributed by atoms with E-state index in [9.17, 15) is 22.8 Å². The summed E-state index contributed by atoms with van der Waals surface area (Å²) in [4.78, 5) is 35.2. The summed E-state index contributed by atoms with van der Waals surface area (Å²) in [6.07, 6.45) is -1.60. The number of halogens is 4. The van der Waals surface area contributed by atoms with Gasteiger partial charge in [-0.3, -0.25) is 23.5 Å². The summed E-state index contributed by atoms with van der Waals surface area (Å²) >= 11 is 6.02. The Balaban J connectivity index is 1.92. The van der Waals surface area contributed by atoms with Gasteiger partial charge in [0.05, 0.1) is 18.8 Å². The Morgan fingerprint density at radius 2 is 1.77 bits per heavy atom. The molecule has 13 heteroatoms. The highest BCUT2D eigenvalue weighted by Crippen LogP contribution is 2.30. The van der Waals surface area contributed by atoms with Crippen molar-refractivity contribution in [2.45, 2.75) is 33.3 Å². The fourth-order valence-corrected chi connectivity index (χ4v) is 3.98. The van der Waals surface area contributed by atoms with Gasteiger partial charge in [0.15, 0.2) is 11.2 Å². The molecular weight excluding hydrogens is 539 g/mol. The zero-order chi connectivity index (χ0) is 28.3. The average Bonchev–Trinajstić information content (AvgIpc) is 3.22. The molecule has 2 aromatic carbocycles. The molecule has 2 heterocycles. The molecule has 0 fully saturated rings. The molecule has 0 amide bonds. The third-order valence-electron chi connectivity index (χ3n) is 5.65. The molecular formula is C26H23ClF3N5O4. The number of nitrogens with zero attached hydrogens (tertiary/aromatic N) is 5. The van der Waals surface area contributed by atoms with Crippen LogP contribution in [0.5, 0.6) is 17.5 Å². The van der Waals surface area contributed by atoms with Gasteiger partial charge in [0.1, 0.15) is 11.5 Å². The number of ether oxygens (including phenoxy) is 2. The van der Waals surface area contributed by atoms with Gasteiger partial charge in [-0.25, -0.2) is 4.79 Å². The zero-order valence-corrected chi connectivity index (χ0v) is 21.8. The monoisotopic (exact) mass is 561 g/mol. The van der Waals surface area contributed by atoms with E-state index >= 15 is 0 Å². The molecule has 0 aliphatic rings. The highest BCUT2D eigenvalue weighted by atomic mass is 35.5. The fraction of sp³-hybridized carbons (Fsp3) is 0.231. The SMILES string of the molecule is CC=N/C(=C\C)Cn1c(=O)n(C)c(=O)c2c1nc(Oc1cccc(OC(F)(F)F)c1)n2Cc1ccc(Cl)cc1. The summed E-state index contributed by atoms with van der Waals surface area (Å²) in [5, 5.41) is 0.507. The molecule has 0 atom stereocenters. The van der Waals surface area contributed by atoms with Crippen LogP contribution < -0.4 is 20.7 Å². The molecule has 0 unspecified atom stereocenters. The van der Waals surface area contributed by atoms with Crippen molar-refractivity contribution in [1.82, 2.24) is 18.7 Å². The lowest BCUT2D eigenvalue weighted by molar-refractivity contribution is -0.274. The first-order valence-electron chi connectivity index (χ1n) is 11.6. The van der Waals surface area contributed by atoms with Crippen molar-refractivity contribution in [3.05, 3.63) is 91.7 Å².